The first-order valence-corrected chi connectivity index (χ1v) is 16.2. The molecule has 2 aliphatic heterocycles. The summed E-state index contributed by atoms with van der Waals surface area (Å²) in [6.45, 7) is 5.09. The number of carboxylic acid groups (broad SMARTS) is 3. The van der Waals surface area contributed by atoms with Crippen LogP contribution in [0.5, 0.6) is 0 Å². The highest BCUT2D eigenvalue weighted by Crippen LogP contribution is 2.55. The standard InChI is InChI=1S/C34H46O14/c1-4-5-6-7-11-19-25(36)46-27-26(37)32(47-28(29(38)39)33(44,30(40)41)34(27,48-32)31(42)43)20-13-18-24(45-22(3)35)21(2)14-12-17-23-15-9-8-10-16-23/h8-10,12,15-17,21,24,26-28,37,44H,4-7,11,13-14,18-20H2,1-3H3,(H,38,39)(H,40,41)(H,42,43)/b17-12+/t21?,24?,26-,27-,28+,32+,33-,34+/m1/s1. The molecule has 5 N–H and O–H groups in total. The van der Waals surface area contributed by atoms with Gasteiger partial charge in [0.15, 0.2) is 6.10 Å². The van der Waals surface area contributed by atoms with E-state index in [1.807, 2.05) is 56.3 Å². The van der Waals surface area contributed by atoms with E-state index in [0.717, 1.165) is 24.8 Å². The van der Waals surface area contributed by atoms with Crippen molar-refractivity contribution in [3.8, 4) is 0 Å². The molecule has 48 heavy (non-hydrogen) atoms. The highest BCUT2D eigenvalue weighted by Gasteiger charge is 2.85. The molecule has 2 bridgehead atoms. The Morgan fingerprint density at radius 3 is 2.23 bits per heavy atom. The lowest BCUT2D eigenvalue weighted by Crippen LogP contribution is -2.78. The first kappa shape index (κ1) is 38.6. The quantitative estimate of drug-likeness (QED) is 0.105. The second-order valence-electron chi connectivity index (χ2n) is 12.4. The molecule has 0 aliphatic carbocycles. The fraction of sp³-hybridized carbons (Fsp3) is 0.618. The predicted octanol–water partition coefficient (Wildman–Crippen LogP) is 3.31. The number of hydrogen-bond acceptors (Lipinski definition) is 11. The van der Waals surface area contributed by atoms with Crippen LogP contribution in [0.15, 0.2) is 36.4 Å². The summed E-state index contributed by atoms with van der Waals surface area (Å²) in [5, 5.41) is 53.2. The molecule has 14 heteroatoms. The number of benzene rings is 1. The Balaban J connectivity index is 1.89. The number of aliphatic carboxylic acids is 3. The molecule has 2 saturated heterocycles. The minimum atomic E-state index is -3.84. The van der Waals surface area contributed by atoms with E-state index >= 15 is 0 Å². The number of unbranched alkanes of at least 4 members (excludes halogenated alkanes) is 4. The van der Waals surface area contributed by atoms with E-state index in [-0.39, 0.29) is 25.2 Å². The first-order valence-electron chi connectivity index (χ1n) is 16.2. The van der Waals surface area contributed by atoms with Crippen molar-refractivity contribution in [2.75, 3.05) is 0 Å². The van der Waals surface area contributed by atoms with E-state index < -0.39 is 77.7 Å². The molecule has 0 amide bonds. The molecule has 2 heterocycles. The summed E-state index contributed by atoms with van der Waals surface area (Å²) in [4.78, 5) is 62.4. The maximum atomic E-state index is 12.9. The molecule has 2 aliphatic rings. The summed E-state index contributed by atoms with van der Waals surface area (Å²) in [5.74, 6) is -10.9. The molecule has 8 atom stereocenters. The molecule has 2 unspecified atom stereocenters. The SMILES string of the molecule is CCCCCCCC(=O)O[C@@H]1[C@@H](O)[C@@]2(CCCC(OC(C)=O)C(C)C/C=C/c3ccccc3)O[C@@H](C(=O)O)[C@@](O)(C(=O)O)[C@]1(C(=O)O)O2. The summed E-state index contributed by atoms with van der Waals surface area (Å²) in [6.07, 6.45) is -0.582. The van der Waals surface area contributed by atoms with Gasteiger partial charge in [-0.25, -0.2) is 14.4 Å². The minimum absolute atomic E-state index is 0.0205. The van der Waals surface area contributed by atoms with Crippen molar-refractivity contribution in [2.24, 2.45) is 5.92 Å². The number of fused-ring (bicyclic) bond motifs is 2. The van der Waals surface area contributed by atoms with Crippen LogP contribution in [0.4, 0.5) is 0 Å². The molecule has 1 aromatic carbocycles. The Hall–Kier alpha value is -3.85. The normalized spacial score (nSPS) is 29.2. The molecule has 266 valence electrons. The van der Waals surface area contributed by atoms with E-state index in [4.69, 9.17) is 18.9 Å². The number of allylic oxidation sites excluding steroid dienone is 1. The maximum absolute atomic E-state index is 12.9. The molecular weight excluding hydrogens is 632 g/mol. The van der Waals surface area contributed by atoms with Gasteiger partial charge in [-0.05, 0) is 37.2 Å². The second kappa shape index (κ2) is 16.5. The Labute approximate surface area is 278 Å². The Bertz CT molecular complexity index is 1330. The summed E-state index contributed by atoms with van der Waals surface area (Å²) < 4.78 is 22.0. The van der Waals surface area contributed by atoms with Crippen LogP contribution in [0.1, 0.15) is 90.5 Å². The lowest BCUT2D eigenvalue weighted by atomic mass is 9.74. The van der Waals surface area contributed by atoms with Crippen LogP contribution in [0, 0.1) is 5.92 Å². The molecular formula is C34H46O14. The highest BCUT2D eigenvalue weighted by molar-refractivity contribution is 5.98. The maximum Gasteiger partial charge on any atom is 0.344 e. The van der Waals surface area contributed by atoms with Gasteiger partial charge in [0.25, 0.3) is 0 Å². The average Bonchev–Trinajstić information content (AvgIpc) is 3.24. The van der Waals surface area contributed by atoms with E-state index in [1.165, 1.54) is 6.92 Å². The van der Waals surface area contributed by atoms with Crippen LogP contribution in [0.25, 0.3) is 6.08 Å². The van der Waals surface area contributed by atoms with Gasteiger partial charge >= 0.3 is 29.8 Å². The molecule has 3 rings (SSSR count). The van der Waals surface area contributed by atoms with Crippen LogP contribution in [0.3, 0.4) is 0 Å². The third kappa shape index (κ3) is 8.05. The van der Waals surface area contributed by atoms with Crippen molar-refractivity contribution in [2.45, 2.75) is 126 Å². The van der Waals surface area contributed by atoms with Crippen LogP contribution in [-0.4, -0.2) is 96.8 Å². The third-order valence-electron chi connectivity index (χ3n) is 8.93. The fourth-order valence-electron chi connectivity index (χ4n) is 6.38. The van der Waals surface area contributed by atoms with E-state index in [0.29, 0.717) is 19.3 Å². The Kier molecular flexibility index (Phi) is 13.3. The number of aliphatic hydroxyl groups excluding tert-OH is 1. The zero-order chi connectivity index (χ0) is 35.7. The number of rotatable bonds is 19. The number of carbonyl (C=O) groups excluding carboxylic acids is 2. The van der Waals surface area contributed by atoms with Crippen LogP contribution < -0.4 is 0 Å². The molecule has 14 nitrogen and oxygen atoms in total. The van der Waals surface area contributed by atoms with Crippen molar-refractivity contribution in [1.82, 2.24) is 0 Å². The van der Waals surface area contributed by atoms with Crippen LogP contribution in [0.2, 0.25) is 0 Å². The summed E-state index contributed by atoms with van der Waals surface area (Å²) >= 11 is 0. The van der Waals surface area contributed by atoms with Crippen molar-refractivity contribution in [1.29, 1.82) is 0 Å². The zero-order valence-electron chi connectivity index (χ0n) is 27.4. The smallest absolute Gasteiger partial charge is 0.344 e. The molecule has 0 saturated carbocycles. The van der Waals surface area contributed by atoms with Crippen LogP contribution in [-0.2, 0) is 42.9 Å². The van der Waals surface area contributed by atoms with Crippen molar-refractivity contribution < 1.29 is 68.5 Å². The number of hydrogen-bond donors (Lipinski definition) is 5. The molecule has 2 fully saturated rings. The topological polar surface area (TPSA) is 223 Å². The highest BCUT2D eigenvalue weighted by atomic mass is 16.8. The van der Waals surface area contributed by atoms with Crippen molar-refractivity contribution in [3.63, 3.8) is 0 Å². The third-order valence-corrected chi connectivity index (χ3v) is 8.93. The average molecular weight is 679 g/mol. The lowest BCUT2D eigenvalue weighted by Gasteiger charge is -2.48. The van der Waals surface area contributed by atoms with Gasteiger partial charge in [0.1, 0.15) is 12.2 Å². The number of carbonyl (C=O) groups is 5. The van der Waals surface area contributed by atoms with E-state index in [9.17, 15) is 49.5 Å². The zero-order valence-corrected chi connectivity index (χ0v) is 27.4. The van der Waals surface area contributed by atoms with Crippen LogP contribution >= 0.6 is 0 Å². The lowest BCUT2D eigenvalue weighted by molar-refractivity contribution is -0.374. The summed E-state index contributed by atoms with van der Waals surface area (Å²) in [7, 11) is 0. The summed E-state index contributed by atoms with van der Waals surface area (Å²) in [5.41, 5.74) is -6.34. The fourth-order valence-corrected chi connectivity index (χ4v) is 6.38. The minimum Gasteiger partial charge on any atom is -0.479 e. The van der Waals surface area contributed by atoms with Gasteiger partial charge in [0, 0.05) is 19.8 Å². The molecule has 1 aromatic rings. The van der Waals surface area contributed by atoms with Gasteiger partial charge in [0.05, 0.1) is 0 Å². The first-order chi connectivity index (χ1) is 22.7. The van der Waals surface area contributed by atoms with Gasteiger partial charge in [-0.1, -0.05) is 82.0 Å². The van der Waals surface area contributed by atoms with E-state index in [1.54, 1.807) is 0 Å². The number of carboxylic acids is 3. The predicted molar refractivity (Wildman–Crippen MR) is 167 cm³/mol. The monoisotopic (exact) mass is 678 g/mol. The van der Waals surface area contributed by atoms with Gasteiger partial charge in [-0.2, -0.15) is 0 Å². The number of esters is 2. The molecule has 0 radical (unpaired) electrons. The van der Waals surface area contributed by atoms with Gasteiger partial charge in [-0.3, -0.25) is 9.59 Å². The van der Waals surface area contributed by atoms with E-state index in [2.05, 4.69) is 0 Å². The number of ether oxygens (including phenoxy) is 4. The summed E-state index contributed by atoms with van der Waals surface area (Å²) in [6, 6.07) is 9.52. The van der Waals surface area contributed by atoms with Crippen molar-refractivity contribution >= 4 is 35.9 Å². The largest absolute Gasteiger partial charge is 0.479 e. The Morgan fingerprint density at radius 2 is 1.65 bits per heavy atom. The Morgan fingerprint density at radius 1 is 0.979 bits per heavy atom. The second-order valence-corrected chi connectivity index (χ2v) is 12.4. The van der Waals surface area contributed by atoms with Gasteiger partial charge in [-0.15, -0.1) is 0 Å². The number of aliphatic hydroxyl groups is 2. The van der Waals surface area contributed by atoms with Gasteiger partial charge in [0.2, 0.25) is 23.1 Å². The van der Waals surface area contributed by atoms with Gasteiger partial charge < -0.3 is 44.5 Å². The molecule has 0 spiro atoms. The molecule has 0 aromatic heterocycles. The van der Waals surface area contributed by atoms with Crippen molar-refractivity contribution in [3.05, 3.63) is 42.0 Å².